The van der Waals surface area contributed by atoms with Crippen molar-refractivity contribution in [3.05, 3.63) is 0 Å². The topological polar surface area (TPSA) is 66.8 Å². The summed E-state index contributed by atoms with van der Waals surface area (Å²) >= 11 is 0. The first kappa shape index (κ1) is 11.6. The Morgan fingerprint density at radius 1 is 1.11 bits per heavy atom. The van der Waals surface area contributed by atoms with Crippen LogP contribution in [0, 0.1) is 23.7 Å². The second-order valence-electron chi connectivity index (χ2n) is 6.76. The van der Waals surface area contributed by atoms with Gasteiger partial charge in [-0.3, -0.25) is 4.90 Å². The van der Waals surface area contributed by atoms with Crippen LogP contribution in [0.5, 0.6) is 0 Å². The van der Waals surface area contributed by atoms with Crippen molar-refractivity contribution < 1.29 is 19.4 Å². The number of amides is 1. The van der Waals surface area contributed by atoms with Gasteiger partial charge in [0.05, 0.1) is 0 Å². The molecule has 0 aromatic heterocycles. The summed E-state index contributed by atoms with van der Waals surface area (Å²) in [6.45, 7) is 0.0109. The molecule has 104 valence electrons. The Balaban J connectivity index is 1.64. The number of carbonyl (C=O) groups is 2. The Kier molecular flexibility index (Phi) is 2.35. The Bertz CT molecular complexity index is 407. The molecule has 1 saturated heterocycles. The predicted octanol–water partition coefficient (Wildman–Crippen LogP) is 1.72. The number of nitrogens with zero attached hydrogens (tertiary/aromatic N) is 1. The monoisotopic (exact) mass is 265 g/mol. The van der Waals surface area contributed by atoms with Crippen molar-refractivity contribution in [2.75, 3.05) is 6.61 Å². The Morgan fingerprint density at radius 2 is 1.68 bits per heavy atom. The van der Waals surface area contributed by atoms with Crippen molar-refractivity contribution in [2.24, 2.45) is 23.7 Å². The Hall–Kier alpha value is -1.26. The molecule has 1 heterocycles. The van der Waals surface area contributed by atoms with Crippen molar-refractivity contribution in [3.63, 3.8) is 0 Å². The zero-order chi connectivity index (χ0) is 13.1. The van der Waals surface area contributed by atoms with Gasteiger partial charge in [-0.2, -0.15) is 0 Å². The van der Waals surface area contributed by atoms with E-state index < -0.39 is 18.1 Å². The lowest BCUT2D eigenvalue weighted by molar-refractivity contribution is -0.144. The molecule has 5 fully saturated rings. The number of cyclic esters (lactones) is 1. The summed E-state index contributed by atoms with van der Waals surface area (Å²) in [6.07, 6.45) is 5.64. The van der Waals surface area contributed by atoms with Gasteiger partial charge in [0.15, 0.2) is 6.04 Å². The van der Waals surface area contributed by atoms with Crippen LogP contribution in [0.1, 0.15) is 32.1 Å². The maximum Gasteiger partial charge on any atom is 0.410 e. The predicted molar refractivity (Wildman–Crippen MR) is 65.4 cm³/mol. The molecule has 5 nitrogen and oxygen atoms in total. The highest BCUT2D eigenvalue weighted by Gasteiger charge is 2.55. The van der Waals surface area contributed by atoms with Crippen LogP contribution in [0.4, 0.5) is 4.79 Å². The second kappa shape index (κ2) is 3.87. The molecule has 0 spiro atoms. The van der Waals surface area contributed by atoms with Crippen LogP contribution in [0.15, 0.2) is 0 Å². The van der Waals surface area contributed by atoms with Gasteiger partial charge in [-0.25, -0.2) is 9.59 Å². The maximum absolute atomic E-state index is 12.0. The third-order valence-corrected chi connectivity index (χ3v) is 5.69. The molecule has 0 aromatic rings. The minimum atomic E-state index is -0.931. The van der Waals surface area contributed by atoms with Gasteiger partial charge in [0, 0.05) is 6.04 Å². The molecule has 5 heteroatoms. The van der Waals surface area contributed by atoms with Gasteiger partial charge in [-0.1, -0.05) is 0 Å². The number of hydrogen-bond acceptors (Lipinski definition) is 3. The summed E-state index contributed by atoms with van der Waals surface area (Å²) in [7, 11) is 0. The van der Waals surface area contributed by atoms with E-state index in [9.17, 15) is 14.7 Å². The summed E-state index contributed by atoms with van der Waals surface area (Å²) in [6, 6.07) is -0.654. The van der Waals surface area contributed by atoms with Gasteiger partial charge >= 0.3 is 12.1 Å². The van der Waals surface area contributed by atoms with Gasteiger partial charge in [-0.15, -0.1) is 0 Å². The summed E-state index contributed by atoms with van der Waals surface area (Å²) in [5.41, 5.74) is 0. The van der Waals surface area contributed by atoms with Crippen molar-refractivity contribution in [1.29, 1.82) is 0 Å². The molecule has 1 aliphatic heterocycles. The van der Waals surface area contributed by atoms with Gasteiger partial charge in [0.2, 0.25) is 0 Å². The largest absolute Gasteiger partial charge is 0.480 e. The first-order valence-electron chi connectivity index (χ1n) is 7.31. The molecule has 4 saturated carbocycles. The van der Waals surface area contributed by atoms with Crippen LogP contribution >= 0.6 is 0 Å². The van der Waals surface area contributed by atoms with E-state index in [-0.39, 0.29) is 12.6 Å². The zero-order valence-corrected chi connectivity index (χ0v) is 10.8. The van der Waals surface area contributed by atoms with E-state index in [2.05, 4.69) is 0 Å². The second-order valence-corrected chi connectivity index (χ2v) is 6.76. The highest BCUT2D eigenvalue weighted by molar-refractivity contribution is 5.83. The fraction of sp³-hybridized carbons (Fsp3) is 0.857. The number of ether oxygens (including phenoxy) is 1. The number of carbonyl (C=O) groups excluding carboxylic acids is 1. The van der Waals surface area contributed by atoms with Crippen molar-refractivity contribution in [3.8, 4) is 0 Å². The number of carboxylic acid groups (broad SMARTS) is 1. The van der Waals surface area contributed by atoms with Gasteiger partial charge in [0.1, 0.15) is 6.61 Å². The molecule has 4 aliphatic carbocycles. The van der Waals surface area contributed by atoms with E-state index in [0.717, 1.165) is 11.8 Å². The van der Waals surface area contributed by atoms with Crippen molar-refractivity contribution in [1.82, 2.24) is 4.90 Å². The molecular formula is C14H19NO4. The molecule has 1 unspecified atom stereocenters. The molecule has 5 rings (SSSR count). The molecule has 0 aromatic carbocycles. The van der Waals surface area contributed by atoms with Gasteiger partial charge in [-0.05, 0) is 55.8 Å². The minimum absolute atomic E-state index is 0.0109. The van der Waals surface area contributed by atoms with Gasteiger partial charge in [0.25, 0.3) is 0 Å². The lowest BCUT2D eigenvalue weighted by atomic mass is 9.54. The third-order valence-electron chi connectivity index (χ3n) is 5.69. The van der Waals surface area contributed by atoms with Crippen LogP contribution in [0.2, 0.25) is 0 Å². The van der Waals surface area contributed by atoms with Crippen LogP contribution in [0.25, 0.3) is 0 Å². The zero-order valence-electron chi connectivity index (χ0n) is 10.8. The molecule has 0 radical (unpaired) electrons. The molecular weight excluding hydrogens is 246 g/mol. The summed E-state index contributed by atoms with van der Waals surface area (Å²) in [4.78, 5) is 24.8. The van der Waals surface area contributed by atoms with E-state index in [1.807, 2.05) is 0 Å². The standard InChI is InChI=1S/C14H19NO4/c16-13(17)11-6-19-14(18)15(11)12-9-2-7-1-8(4-9)5-10(12)3-7/h7-12H,1-6H2,(H,16,17). The Morgan fingerprint density at radius 3 is 2.21 bits per heavy atom. The number of carboxylic acids is 1. The average Bonchev–Trinajstić information content (AvgIpc) is 2.70. The van der Waals surface area contributed by atoms with Crippen LogP contribution in [-0.4, -0.2) is 40.8 Å². The molecule has 1 N–H and O–H groups in total. The van der Waals surface area contributed by atoms with E-state index >= 15 is 0 Å². The van der Waals surface area contributed by atoms with E-state index in [0.29, 0.717) is 11.8 Å². The fourth-order valence-corrected chi connectivity index (χ4v) is 5.30. The highest BCUT2D eigenvalue weighted by atomic mass is 16.6. The minimum Gasteiger partial charge on any atom is -0.480 e. The maximum atomic E-state index is 12.0. The average molecular weight is 265 g/mol. The number of rotatable bonds is 2. The Labute approximate surface area is 111 Å². The SMILES string of the molecule is O=C(O)C1COC(=O)N1C1C2CC3CC(C2)CC1C3. The molecule has 1 atom stereocenters. The third kappa shape index (κ3) is 1.60. The van der Waals surface area contributed by atoms with Crippen LogP contribution in [-0.2, 0) is 9.53 Å². The normalized spacial score (nSPS) is 47.6. The van der Waals surface area contributed by atoms with E-state index in [1.165, 1.54) is 32.1 Å². The quantitative estimate of drug-likeness (QED) is 0.825. The summed E-state index contributed by atoms with van der Waals surface area (Å²) < 4.78 is 5.00. The first-order chi connectivity index (χ1) is 9.13. The summed E-state index contributed by atoms with van der Waals surface area (Å²) in [5.74, 6) is 1.72. The van der Waals surface area contributed by atoms with E-state index in [1.54, 1.807) is 4.90 Å². The molecule has 1 amide bonds. The van der Waals surface area contributed by atoms with Gasteiger partial charge < -0.3 is 9.84 Å². The summed E-state index contributed by atoms with van der Waals surface area (Å²) in [5, 5.41) is 9.28. The molecule has 5 aliphatic rings. The number of hydrogen-bond donors (Lipinski definition) is 1. The smallest absolute Gasteiger partial charge is 0.410 e. The van der Waals surface area contributed by atoms with Crippen LogP contribution in [0.3, 0.4) is 0 Å². The number of aliphatic carboxylic acids is 1. The molecule has 19 heavy (non-hydrogen) atoms. The fourth-order valence-electron chi connectivity index (χ4n) is 5.30. The molecule has 4 bridgehead atoms. The van der Waals surface area contributed by atoms with Crippen LogP contribution < -0.4 is 0 Å². The highest BCUT2D eigenvalue weighted by Crippen LogP contribution is 2.55. The lowest BCUT2D eigenvalue weighted by Crippen LogP contribution is -2.59. The van der Waals surface area contributed by atoms with E-state index in [4.69, 9.17) is 4.74 Å². The van der Waals surface area contributed by atoms with Crippen molar-refractivity contribution in [2.45, 2.75) is 44.2 Å². The lowest BCUT2D eigenvalue weighted by Gasteiger charge is -2.56. The van der Waals surface area contributed by atoms with Crippen molar-refractivity contribution >= 4 is 12.1 Å². The first-order valence-corrected chi connectivity index (χ1v) is 7.31.